The van der Waals surface area contributed by atoms with Gasteiger partial charge in [0.25, 0.3) is 5.91 Å². The number of nitrogens with zero attached hydrogens (tertiary/aromatic N) is 1. The quantitative estimate of drug-likeness (QED) is 0.740. The second-order valence-electron chi connectivity index (χ2n) is 7.23. The maximum absolute atomic E-state index is 12.8. The number of fused-ring (bicyclic) bond motifs is 1. The molecular weight excluding hydrogens is 346 g/mol. The first-order chi connectivity index (χ1) is 12.9. The van der Waals surface area contributed by atoms with E-state index >= 15 is 0 Å². The van der Waals surface area contributed by atoms with E-state index in [0.717, 1.165) is 17.5 Å². The second-order valence-corrected chi connectivity index (χ2v) is 7.23. The lowest BCUT2D eigenvalue weighted by Crippen LogP contribution is -2.52. The highest BCUT2D eigenvalue weighted by molar-refractivity contribution is 6.05. The summed E-state index contributed by atoms with van der Waals surface area (Å²) in [5.41, 5.74) is 2.51. The molecular formula is C20H25N3O4. The predicted octanol–water partition coefficient (Wildman–Crippen LogP) is 1.47. The molecule has 1 fully saturated rings. The van der Waals surface area contributed by atoms with Gasteiger partial charge in [-0.15, -0.1) is 0 Å². The minimum absolute atomic E-state index is 0.0261. The van der Waals surface area contributed by atoms with Gasteiger partial charge in [0.05, 0.1) is 0 Å². The van der Waals surface area contributed by atoms with Crippen LogP contribution in [0.15, 0.2) is 18.2 Å². The third kappa shape index (κ3) is 3.86. The van der Waals surface area contributed by atoms with Crippen molar-refractivity contribution in [1.29, 1.82) is 0 Å². The molecule has 27 heavy (non-hydrogen) atoms. The zero-order valence-electron chi connectivity index (χ0n) is 15.7. The van der Waals surface area contributed by atoms with Gasteiger partial charge in [-0.3, -0.25) is 24.5 Å². The molecule has 1 aromatic rings. The van der Waals surface area contributed by atoms with Crippen LogP contribution in [0.3, 0.4) is 0 Å². The van der Waals surface area contributed by atoms with E-state index in [1.165, 1.54) is 0 Å². The van der Waals surface area contributed by atoms with Crippen molar-refractivity contribution >= 4 is 23.6 Å². The summed E-state index contributed by atoms with van der Waals surface area (Å²) in [6, 6.07) is 4.96. The fraction of sp³-hybridized carbons (Fsp3) is 0.500. The van der Waals surface area contributed by atoms with E-state index in [2.05, 4.69) is 10.6 Å². The number of nitrogens with one attached hydrogen (secondary N) is 2. The Hall–Kier alpha value is -2.70. The molecule has 1 aromatic carbocycles. The SMILES string of the molecule is CCCC(=O)NCC(C)c1cccc2c1CN(C1CCC(=O)NC1=O)C2=O. The second kappa shape index (κ2) is 7.90. The third-order valence-electron chi connectivity index (χ3n) is 5.23. The minimum atomic E-state index is -0.616. The number of hydrogen-bond donors (Lipinski definition) is 2. The molecule has 2 aliphatic heterocycles. The van der Waals surface area contributed by atoms with E-state index in [9.17, 15) is 19.2 Å². The molecule has 4 amide bonds. The molecule has 1 saturated heterocycles. The Bertz CT molecular complexity index is 789. The number of rotatable bonds is 6. The maximum Gasteiger partial charge on any atom is 0.255 e. The molecule has 2 aliphatic rings. The Labute approximate surface area is 158 Å². The summed E-state index contributed by atoms with van der Waals surface area (Å²) in [4.78, 5) is 49.7. The maximum atomic E-state index is 12.8. The monoisotopic (exact) mass is 371 g/mol. The first kappa shape index (κ1) is 19.1. The molecule has 3 rings (SSSR count). The summed E-state index contributed by atoms with van der Waals surface area (Å²) in [5.74, 6) is -0.802. The van der Waals surface area contributed by atoms with Crippen LogP contribution in [-0.4, -0.2) is 41.1 Å². The molecule has 0 saturated carbocycles. The number of amides is 4. The van der Waals surface area contributed by atoms with E-state index in [0.29, 0.717) is 31.5 Å². The van der Waals surface area contributed by atoms with Crippen LogP contribution in [0.25, 0.3) is 0 Å². The van der Waals surface area contributed by atoms with Crippen LogP contribution in [0.5, 0.6) is 0 Å². The summed E-state index contributed by atoms with van der Waals surface area (Å²) < 4.78 is 0. The van der Waals surface area contributed by atoms with Crippen molar-refractivity contribution in [3.8, 4) is 0 Å². The van der Waals surface area contributed by atoms with E-state index in [1.54, 1.807) is 11.0 Å². The average Bonchev–Trinajstić information content (AvgIpc) is 2.97. The van der Waals surface area contributed by atoms with Gasteiger partial charge in [-0.05, 0) is 36.0 Å². The molecule has 7 nitrogen and oxygen atoms in total. The molecule has 0 radical (unpaired) electrons. The molecule has 2 unspecified atom stereocenters. The van der Waals surface area contributed by atoms with Crippen LogP contribution >= 0.6 is 0 Å². The zero-order chi connectivity index (χ0) is 19.6. The fourth-order valence-corrected chi connectivity index (χ4v) is 3.76. The molecule has 7 heteroatoms. The van der Waals surface area contributed by atoms with Gasteiger partial charge >= 0.3 is 0 Å². The number of benzene rings is 1. The topological polar surface area (TPSA) is 95.6 Å². The number of imide groups is 1. The predicted molar refractivity (Wildman–Crippen MR) is 98.8 cm³/mol. The van der Waals surface area contributed by atoms with Crippen molar-refractivity contribution < 1.29 is 19.2 Å². The number of carbonyl (C=O) groups is 4. The smallest absolute Gasteiger partial charge is 0.255 e. The highest BCUT2D eigenvalue weighted by Crippen LogP contribution is 2.32. The first-order valence-corrected chi connectivity index (χ1v) is 9.45. The van der Waals surface area contributed by atoms with Gasteiger partial charge in [0, 0.05) is 31.5 Å². The summed E-state index contributed by atoms with van der Waals surface area (Å²) in [5, 5.41) is 5.25. The Kier molecular flexibility index (Phi) is 5.58. The van der Waals surface area contributed by atoms with Gasteiger partial charge in [0.15, 0.2) is 0 Å². The summed E-state index contributed by atoms with van der Waals surface area (Å²) >= 11 is 0. The lowest BCUT2D eigenvalue weighted by molar-refractivity contribution is -0.137. The molecule has 2 atom stereocenters. The zero-order valence-corrected chi connectivity index (χ0v) is 15.7. The van der Waals surface area contributed by atoms with Crippen LogP contribution in [-0.2, 0) is 20.9 Å². The Morgan fingerprint density at radius 1 is 1.33 bits per heavy atom. The van der Waals surface area contributed by atoms with Crippen molar-refractivity contribution in [2.45, 2.75) is 58.0 Å². The lowest BCUT2D eigenvalue weighted by Gasteiger charge is -2.29. The van der Waals surface area contributed by atoms with Crippen LogP contribution in [0.1, 0.15) is 66.9 Å². The van der Waals surface area contributed by atoms with Gasteiger partial charge < -0.3 is 10.2 Å². The highest BCUT2D eigenvalue weighted by atomic mass is 16.2. The number of piperidine rings is 1. The molecule has 0 aliphatic carbocycles. The van der Waals surface area contributed by atoms with Gasteiger partial charge in [0.1, 0.15) is 6.04 Å². The van der Waals surface area contributed by atoms with Crippen molar-refractivity contribution in [2.75, 3.05) is 6.54 Å². The van der Waals surface area contributed by atoms with Gasteiger partial charge in [-0.1, -0.05) is 26.0 Å². The Balaban J connectivity index is 1.76. The van der Waals surface area contributed by atoms with Crippen LogP contribution in [0, 0.1) is 0 Å². The molecule has 2 N–H and O–H groups in total. The first-order valence-electron chi connectivity index (χ1n) is 9.45. The largest absolute Gasteiger partial charge is 0.356 e. The van der Waals surface area contributed by atoms with Gasteiger partial charge in [-0.2, -0.15) is 0 Å². The van der Waals surface area contributed by atoms with Crippen molar-refractivity contribution in [3.05, 3.63) is 34.9 Å². The number of hydrogen-bond acceptors (Lipinski definition) is 4. The van der Waals surface area contributed by atoms with Crippen molar-refractivity contribution in [2.24, 2.45) is 0 Å². The molecule has 0 aromatic heterocycles. The fourth-order valence-electron chi connectivity index (χ4n) is 3.76. The highest BCUT2D eigenvalue weighted by Gasteiger charge is 2.40. The summed E-state index contributed by atoms with van der Waals surface area (Å²) in [6.45, 7) is 4.83. The molecule has 0 bridgehead atoms. The molecule has 144 valence electrons. The summed E-state index contributed by atoms with van der Waals surface area (Å²) in [7, 11) is 0. The third-order valence-corrected chi connectivity index (χ3v) is 5.23. The van der Waals surface area contributed by atoms with Gasteiger partial charge in [0.2, 0.25) is 17.7 Å². The normalized spacial score (nSPS) is 20.3. The van der Waals surface area contributed by atoms with E-state index in [-0.39, 0.29) is 30.1 Å². The van der Waals surface area contributed by atoms with E-state index in [1.807, 2.05) is 26.0 Å². The van der Waals surface area contributed by atoms with Crippen LogP contribution < -0.4 is 10.6 Å². The summed E-state index contributed by atoms with van der Waals surface area (Å²) in [6.07, 6.45) is 1.89. The standard InChI is InChI=1S/C20H25N3O4/c1-3-5-17(24)21-10-12(2)13-6-4-7-14-15(13)11-23(20(14)27)16-8-9-18(25)22-19(16)26/h4,6-7,12,16H,3,5,8-11H2,1-2H3,(H,21,24)(H,22,25,26). The lowest BCUT2D eigenvalue weighted by atomic mass is 9.93. The van der Waals surface area contributed by atoms with E-state index < -0.39 is 11.9 Å². The van der Waals surface area contributed by atoms with Crippen LogP contribution in [0.2, 0.25) is 0 Å². The Morgan fingerprint density at radius 2 is 2.11 bits per heavy atom. The minimum Gasteiger partial charge on any atom is -0.356 e. The molecule has 2 heterocycles. The Morgan fingerprint density at radius 3 is 2.81 bits per heavy atom. The number of carbonyl (C=O) groups excluding carboxylic acids is 4. The molecule has 0 spiro atoms. The van der Waals surface area contributed by atoms with Crippen molar-refractivity contribution in [3.63, 3.8) is 0 Å². The average molecular weight is 371 g/mol. The van der Waals surface area contributed by atoms with Crippen LogP contribution in [0.4, 0.5) is 0 Å². The van der Waals surface area contributed by atoms with Crippen molar-refractivity contribution in [1.82, 2.24) is 15.5 Å². The van der Waals surface area contributed by atoms with Gasteiger partial charge in [-0.25, -0.2) is 0 Å². The van der Waals surface area contributed by atoms with E-state index in [4.69, 9.17) is 0 Å².